The number of para-hydroxylation sites is 1. The lowest BCUT2D eigenvalue weighted by Crippen LogP contribution is -2.31. The largest absolute Gasteiger partial charge is 0.454 e. The number of ether oxygens (including phenoxy) is 1. The van der Waals surface area contributed by atoms with E-state index in [0.717, 1.165) is 5.56 Å². The molecule has 3 aromatic rings. The minimum absolute atomic E-state index is 0.0167. The second-order valence-corrected chi connectivity index (χ2v) is 8.99. The van der Waals surface area contributed by atoms with E-state index < -0.39 is 22.6 Å². The summed E-state index contributed by atoms with van der Waals surface area (Å²) in [4.78, 5) is 23.1. The molecule has 6 nitrogen and oxygen atoms in total. The average Bonchev–Trinajstić information content (AvgIpc) is 2.77. The fourth-order valence-corrected chi connectivity index (χ4v) is 4.81. The van der Waals surface area contributed by atoms with Crippen LogP contribution in [0.25, 0.3) is 0 Å². The number of halogens is 1. The zero-order chi connectivity index (χ0) is 22.4. The molecule has 0 N–H and O–H groups in total. The van der Waals surface area contributed by atoms with Gasteiger partial charge in [0.15, 0.2) is 5.78 Å². The highest BCUT2D eigenvalue weighted by atomic mass is 35.5. The first kappa shape index (κ1) is 22.5. The molecule has 0 heterocycles. The van der Waals surface area contributed by atoms with Gasteiger partial charge in [-0.2, -0.15) is 0 Å². The molecule has 0 saturated carbocycles. The van der Waals surface area contributed by atoms with Crippen molar-refractivity contribution in [2.24, 2.45) is 0 Å². The Bertz CT molecular complexity index is 1180. The molecule has 31 heavy (non-hydrogen) atoms. The molecule has 3 rings (SSSR count). The third-order valence-corrected chi connectivity index (χ3v) is 6.61. The predicted molar refractivity (Wildman–Crippen MR) is 119 cm³/mol. The molecule has 3 aromatic carbocycles. The number of benzene rings is 3. The van der Waals surface area contributed by atoms with Crippen molar-refractivity contribution in [3.05, 3.63) is 95.0 Å². The summed E-state index contributed by atoms with van der Waals surface area (Å²) in [6.07, 6.45) is 0. The number of anilines is 1. The maximum absolute atomic E-state index is 13.6. The van der Waals surface area contributed by atoms with Crippen LogP contribution in [0.15, 0.2) is 83.8 Å². The molecule has 0 spiro atoms. The third kappa shape index (κ3) is 5.51. The Labute approximate surface area is 186 Å². The Morgan fingerprint density at radius 2 is 1.55 bits per heavy atom. The number of rotatable bonds is 8. The van der Waals surface area contributed by atoms with Gasteiger partial charge in [0.2, 0.25) is 0 Å². The summed E-state index contributed by atoms with van der Waals surface area (Å²) in [6.45, 7) is 0.961. The Hall–Kier alpha value is -3.16. The van der Waals surface area contributed by atoms with Crippen molar-refractivity contribution in [1.82, 2.24) is 0 Å². The smallest absolute Gasteiger partial charge is 0.338 e. The molecule has 8 heteroatoms. The monoisotopic (exact) mass is 457 g/mol. The fraction of sp³-hybridized carbons (Fsp3) is 0.130. The molecule has 0 amide bonds. The summed E-state index contributed by atoms with van der Waals surface area (Å²) in [7, 11) is -4.14. The number of hydrogen-bond donors (Lipinski definition) is 0. The number of sulfonamides is 1. The Kier molecular flexibility index (Phi) is 7.09. The van der Waals surface area contributed by atoms with Crippen LogP contribution in [0.5, 0.6) is 0 Å². The van der Waals surface area contributed by atoms with Crippen molar-refractivity contribution in [3.8, 4) is 0 Å². The summed E-state index contributed by atoms with van der Waals surface area (Å²) < 4.78 is 33.4. The normalized spacial score (nSPS) is 11.0. The van der Waals surface area contributed by atoms with E-state index >= 15 is 0 Å². The molecule has 0 unspecified atom stereocenters. The summed E-state index contributed by atoms with van der Waals surface area (Å²) >= 11 is 6.24. The molecule has 0 radical (unpaired) electrons. The van der Waals surface area contributed by atoms with Crippen LogP contribution in [-0.2, 0) is 26.1 Å². The molecule has 0 fully saturated rings. The zero-order valence-electron chi connectivity index (χ0n) is 16.7. The molecule has 0 aliphatic carbocycles. The number of carbonyl (C=O) groups excluding carboxylic acids is 2. The highest BCUT2D eigenvalue weighted by Crippen LogP contribution is 2.31. The van der Waals surface area contributed by atoms with E-state index in [9.17, 15) is 18.0 Å². The summed E-state index contributed by atoms with van der Waals surface area (Å²) in [6, 6.07) is 21.6. The lowest BCUT2D eigenvalue weighted by Gasteiger charge is -2.25. The first-order valence-corrected chi connectivity index (χ1v) is 11.2. The van der Waals surface area contributed by atoms with Crippen LogP contribution in [0.3, 0.4) is 0 Å². The quantitative estimate of drug-likeness (QED) is 0.466. The number of carbonyl (C=O) groups is 2. The maximum atomic E-state index is 13.6. The second kappa shape index (κ2) is 9.76. The molecule has 0 aliphatic heterocycles. The van der Waals surface area contributed by atoms with Crippen LogP contribution in [0.4, 0.5) is 5.69 Å². The van der Waals surface area contributed by atoms with Crippen molar-refractivity contribution in [1.29, 1.82) is 0 Å². The standard InChI is InChI=1S/C23H20ClNO5S/c1-17(26)16-30-23(27)19-12-13-21(24)22(14-19)31(28,29)25(20-10-6-3-7-11-20)15-18-8-4-2-5-9-18/h2-14H,15-16H2,1H3. The fourth-order valence-electron chi connectivity index (χ4n) is 2.86. The number of hydrogen-bond acceptors (Lipinski definition) is 5. The SMILES string of the molecule is CC(=O)COC(=O)c1ccc(Cl)c(S(=O)(=O)N(Cc2ccccc2)c2ccccc2)c1. The number of ketones is 1. The molecule has 0 atom stereocenters. The highest BCUT2D eigenvalue weighted by molar-refractivity contribution is 7.93. The van der Waals surface area contributed by atoms with Gasteiger partial charge in [0.25, 0.3) is 10.0 Å². The van der Waals surface area contributed by atoms with E-state index in [0.29, 0.717) is 5.69 Å². The molecule has 160 valence electrons. The lowest BCUT2D eigenvalue weighted by atomic mass is 10.2. The molecular formula is C23H20ClNO5S. The van der Waals surface area contributed by atoms with Crippen LogP contribution < -0.4 is 4.31 Å². The number of Topliss-reactive ketones (excluding diaryl/α,β-unsaturated/α-hetero) is 1. The zero-order valence-corrected chi connectivity index (χ0v) is 18.3. The van der Waals surface area contributed by atoms with Crippen molar-refractivity contribution in [2.45, 2.75) is 18.4 Å². The van der Waals surface area contributed by atoms with Gasteiger partial charge < -0.3 is 4.74 Å². The summed E-state index contributed by atoms with van der Waals surface area (Å²) in [5, 5.41) is -0.0305. The van der Waals surface area contributed by atoms with Gasteiger partial charge in [-0.3, -0.25) is 9.10 Å². The predicted octanol–water partition coefficient (Wildman–Crippen LogP) is 4.48. The van der Waals surface area contributed by atoms with Gasteiger partial charge in [0.1, 0.15) is 11.5 Å². The Balaban J connectivity index is 2.04. The van der Waals surface area contributed by atoms with Gasteiger partial charge in [-0.05, 0) is 42.8 Å². The van der Waals surface area contributed by atoms with Crippen molar-refractivity contribution in [3.63, 3.8) is 0 Å². The van der Waals surface area contributed by atoms with Gasteiger partial charge in [0, 0.05) is 0 Å². The van der Waals surface area contributed by atoms with Gasteiger partial charge in [-0.1, -0.05) is 60.1 Å². The van der Waals surface area contributed by atoms with Gasteiger partial charge in [-0.15, -0.1) is 0 Å². The topological polar surface area (TPSA) is 80.8 Å². The average molecular weight is 458 g/mol. The first-order valence-electron chi connectivity index (χ1n) is 9.37. The van der Waals surface area contributed by atoms with Crippen LogP contribution in [0.1, 0.15) is 22.8 Å². The van der Waals surface area contributed by atoms with Crippen LogP contribution >= 0.6 is 11.6 Å². The van der Waals surface area contributed by atoms with E-state index in [2.05, 4.69) is 0 Å². The van der Waals surface area contributed by atoms with E-state index in [1.54, 1.807) is 30.3 Å². The van der Waals surface area contributed by atoms with Crippen molar-refractivity contribution < 1.29 is 22.7 Å². The van der Waals surface area contributed by atoms with E-state index in [4.69, 9.17) is 16.3 Å². The van der Waals surface area contributed by atoms with Crippen molar-refractivity contribution in [2.75, 3.05) is 10.9 Å². The lowest BCUT2D eigenvalue weighted by molar-refractivity contribution is -0.120. The molecule has 0 saturated heterocycles. The minimum Gasteiger partial charge on any atom is -0.454 e. The Morgan fingerprint density at radius 3 is 2.16 bits per heavy atom. The molecule has 0 bridgehead atoms. The summed E-state index contributed by atoms with van der Waals surface area (Å²) in [5.41, 5.74) is 1.21. The van der Waals surface area contributed by atoms with Crippen LogP contribution in [-0.4, -0.2) is 26.8 Å². The molecule has 0 aromatic heterocycles. The first-order chi connectivity index (χ1) is 14.8. The second-order valence-electron chi connectivity index (χ2n) is 6.76. The maximum Gasteiger partial charge on any atom is 0.338 e. The summed E-state index contributed by atoms with van der Waals surface area (Å²) in [5.74, 6) is -1.13. The Morgan fingerprint density at radius 1 is 0.935 bits per heavy atom. The highest BCUT2D eigenvalue weighted by Gasteiger charge is 2.28. The molecule has 0 aliphatic rings. The molecular weight excluding hydrogens is 438 g/mol. The van der Waals surface area contributed by atoms with E-state index in [1.165, 1.54) is 29.4 Å². The van der Waals surface area contributed by atoms with E-state index in [1.807, 2.05) is 30.3 Å². The van der Waals surface area contributed by atoms with Crippen LogP contribution in [0.2, 0.25) is 5.02 Å². The van der Waals surface area contributed by atoms with E-state index in [-0.39, 0.29) is 27.8 Å². The van der Waals surface area contributed by atoms with Crippen molar-refractivity contribution >= 4 is 39.1 Å². The number of esters is 1. The van der Waals surface area contributed by atoms with Gasteiger partial charge >= 0.3 is 5.97 Å². The third-order valence-electron chi connectivity index (χ3n) is 4.35. The van der Waals surface area contributed by atoms with Gasteiger partial charge in [-0.25, -0.2) is 13.2 Å². The minimum atomic E-state index is -4.14. The van der Waals surface area contributed by atoms with Gasteiger partial charge in [0.05, 0.1) is 22.8 Å². The number of nitrogens with zero attached hydrogens (tertiary/aromatic N) is 1. The van der Waals surface area contributed by atoms with Crippen LogP contribution in [0, 0.1) is 0 Å².